The van der Waals surface area contributed by atoms with Gasteiger partial charge in [-0.15, -0.1) is 10.2 Å². The number of pyridine rings is 1. The molecule has 36 heavy (non-hydrogen) atoms. The predicted octanol–water partition coefficient (Wildman–Crippen LogP) is 5.64. The van der Waals surface area contributed by atoms with Crippen LogP contribution in [0.5, 0.6) is 0 Å². The van der Waals surface area contributed by atoms with Crippen molar-refractivity contribution >= 4 is 57.3 Å². The minimum absolute atomic E-state index is 0.139. The smallest absolute Gasteiger partial charge is 0.301 e. The third-order valence-electron chi connectivity index (χ3n) is 5.47. The molecular formula is C25H16ClFN4O3S2. The highest BCUT2D eigenvalue weighted by Gasteiger charge is 2.48. The minimum Gasteiger partial charge on any atom is -0.507 e. The van der Waals surface area contributed by atoms with Gasteiger partial charge in [0.05, 0.1) is 11.6 Å². The molecule has 3 heterocycles. The predicted molar refractivity (Wildman–Crippen MR) is 136 cm³/mol. The fourth-order valence-electron chi connectivity index (χ4n) is 3.76. The van der Waals surface area contributed by atoms with E-state index >= 15 is 0 Å². The number of Topliss-reactive ketones (excluding diaryl/α,β-unsaturated/α-hetero) is 1. The average molecular weight is 539 g/mol. The highest BCUT2D eigenvalue weighted by atomic mass is 35.5. The summed E-state index contributed by atoms with van der Waals surface area (Å²) in [6.45, 7) is 0. The number of hydrogen-bond acceptors (Lipinski definition) is 8. The molecule has 1 unspecified atom stereocenters. The summed E-state index contributed by atoms with van der Waals surface area (Å²) in [5, 5.41) is 20.2. The molecule has 0 bridgehead atoms. The lowest BCUT2D eigenvalue weighted by Crippen LogP contribution is -2.29. The molecule has 7 nitrogen and oxygen atoms in total. The summed E-state index contributed by atoms with van der Waals surface area (Å²) in [4.78, 5) is 31.7. The van der Waals surface area contributed by atoms with Gasteiger partial charge in [0, 0.05) is 28.7 Å². The number of rotatable bonds is 6. The Kier molecular flexibility index (Phi) is 6.82. The average Bonchev–Trinajstić information content (AvgIpc) is 3.46. The quantitative estimate of drug-likeness (QED) is 0.111. The molecule has 2 aromatic heterocycles. The van der Waals surface area contributed by atoms with E-state index in [1.807, 2.05) is 18.2 Å². The van der Waals surface area contributed by atoms with Gasteiger partial charge in [0.1, 0.15) is 11.6 Å². The number of nitrogens with zero attached hydrogens (tertiary/aromatic N) is 4. The zero-order valence-corrected chi connectivity index (χ0v) is 20.7. The van der Waals surface area contributed by atoms with Crippen molar-refractivity contribution in [1.29, 1.82) is 0 Å². The molecule has 5 rings (SSSR count). The van der Waals surface area contributed by atoms with Crippen LogP contribution in [0.2, 0.25) is 5.02 Å². The largest absolute Gasteiger partial charge is 0.507 e. The van der Waals surface area contributed by atoms with E-state index < -0.39 is 29.3 Å². The van der Waals surface area contributed by atoms with Gasteiger partial charge in [0.25, 0.3) is 5.78 Å². The number of carbonyl (C=O) groups excluding carboxylic acids is 2. The normalized spacial score (nSPS) is 17.1. The molecule has 0 saturated carbocycles. The van der Waals surface area contributed by atoms with Gasteiger partial charge >= 0.3 is 5.91 Å². The first kappa shape index (κ1) is 24.1. The van der Waals surface area contributed by atoms with Gasteiger partial charge in [0.2, 0.25) is 5.13 Å². The Morgan fingerprint density at radius 1 is 1.08 bits per heavy atom. The van der Waals surface area contributed by atoms with E-state index in [1.165, 1.54) is 35.0 Å². The Hall–Kier alpha value is -3.60. The van der Waals surface area contributed by atoms with E-state index in [-0.39, 0.29) is 16.3 Å². The van der Waals surface area contributed by atoms with Gasteiger partial charge < -0.3 is 5.11 Å². The number of anilines is 1. The fourth-order valence-corrected chi connectivity index (χ4v) is 5.91. The number of aromatic nitrogens is 3. The molecule has 1 fully saturated rings. The van der Waals surface area contributed by atoms with E-state index in [0.29, 0.717) is 20.7 Å². The molecule has 11 heteroatoms. The van der Waals surface area contributed by atoms with Crippen molar-refractivity contribution in [2.24, 2.45) is 0 Å². The zero-order chi connectivity index (χ0) is 25.2. The van der Waals surface area contributed by atoms with Crippen molar-refractivity contribution in [2.75, 3.05) is 4.90 Å². The topological polar surface area (TPSA) is 96.3 Å². The van der Waals surface area contributed by atoms with Crippen molar-refractivity contribution in [3.8, 4) is 0 Å². The zero-order valence-electron chi connectivity index (χ0n) is 18.3. The SMILES string of the molecule is O=C1C(=O)N(c2nnc(SCc3ccccc3Cl)s2)C(c2cccnc2)/C1=C(/O)c1ccc(F)cc1. The number of aliphatic hydroxyl groups is 1. The summed E-state index contributed by atoms with van der Waals surface area (Å²) < 4.78 is 14.0. The first-order valence-electron chi connectivity index (χ1n) is 10.6. The van der Waals surface area contributed by atoms with E-state index in [2.05, 4.69) is 15.2 Å². The summed E-state index contributed by atoms with van der Waals surface area (Å²) in [6.07, 6.45) is 3.07. The van der Waals surface area contributed by atoms with Gasteiger partial charge in [0.15, 0.2) is 4.34 Å². The number of aliphatic hydroxyl groups excluding tert-OH is 1. The third kappa shape index (κ3) is 4.62. The van der Waals surface area contributed by atoms with E-state index in [4.69, 9.17) is 11.6 Å². The van der Waals surface area contributed by atoms with Crippen molar-refractivity contribution in [1.82, 2.24) is 15.2 Å². The Labute approximate surface area is 218 Å². The van der Waals surface area contributed by atoms with Crippen LogP contribution in [0.25, 0.3) is 5.76 Å². The van der Waals surface area contributed by atoms with Crippen molar-refractivity contribution in [3.05, 3.63) is 106 Å². The number of halogens is 2. The van der Waals surface area contributed by atoms with Crippen LogP contribution in [0, 0.1) is 5.82 Å². The lowest BCUT2D eigenvalue weighted by Gasteiger charge is -2.22. The van der Waals surface area contributed by atoms with Crippen molar-refractivity contribution in [2.45, 2.75) is 16.1 Å². The summed E-state index contributed by atoms with van der Waals surface area (Å²) in [7, 11) is 0. The molecule has 0 aliphatic carbocycles. The second-order valence-corrected chi connectivity index (χ2v) is 10.3. The molecule has 0 radical (unpaired) electrons. The van der Waals surface area contributed by atoms with Crippen molar-refractivity contribution < 1.29 is 19.1 Å². The standard InChI is InChI=1S/C25H16ClFN4O3S2/c26-18-6-2-1-4-16(18)13-35-25-30-29-24(36-25)31-20(15-5-3-11-28-12-15)19(22(33)23(31)34)21(32)14-7-9-17(27)10-8-14/h1-12,20,32H,13H2/b21-19-. The maximum absolute atomic E-state index is 13.4. The second-order valence-electron chi connectivity index (χ2n) is 7.69. The summed E-state index contributed by atoms with van der Waals surface area (Å²) in [6, 6.07) is 14.8. The first-order valence-corrected chi connectivity index (χ1v) is 12.8. The third-order valence-corrected chi connectivity index (χ3v) is 7.95. The molecule has 1 aliphatic rings. The Morgan fingerprint density at radius 3 is 2.58 bits per heavy atom. The lowest BCUT2D eigenvalue weighted by molar-refractivity contribution is -0.132. The van der Waals surface area contributed by atoms with E-state index in [9.17, 15) is 19.1 Å². The molecule has 1 saturated heterocycles. The molecular weight excluding hydrogens is 523 g/mol. The molecule has 4 aromatic rings. The molecule has 0 spiro atoms. The van der Waals surface area contributed by atoms with Gasteiger partial charge in [-0.2, -0.15) is 0 Å². The maximum Gasteiger partial charge on any atom is 0.301 e. The van der Waals surface area contributed by atoms with Gasteiger partial charge in [-0.1, -0.05) is 59.0 Å². The molecule has 1 atom stereocenters. The molecule has 2 aromatic carbocycles. The Balaban J connectivity index is 1.53. The molecule has 180 valence electrons. The highest BCUT2D eigenvalue weighted by Crippen LogP contribution is 2.44. The Bertz CT molecular complexity index is 1480. The first-order chi connectivity index (χ1) is 17.4. The number of carbonyl (C=O) groups is 2. The van der Waals surface area contributed by atoms with Crippen LogP contribution in [0.4, 0.5) is 9.52 Å². The molecule has 1 N–H and O–H groups in total. The lowest BCUT2D eigenvalue weighted by atomic mass is 9.96. The van der Waals surface area contributed by atoms with E-state index in [0.717, 1.165) is 29.0 Å². The highest BCUT2D eigenvalue weighted by molar-refractivity contribution is 8.00. The van der Waals surface area contributed by atoms with Gasteiger partial charge in [-0.25, -0.2) is 4.39 Å². The summed E-state index contributed by atoms with van der Waals surface area (Å²) >= 11 is 8.78. The summed E-state index contributed by atoms with van der Waals surface area (Å²) in [5.74, 6) is -2.10. The Morgan fingerprint density at radius 2 is 1.86 bits per heavy atom. The van der Waals surface area contributed by atoms with Crippen LogP contribution >= 0.6 is 34.7 Å². The van der Waals surface area contributed by atoms with Crippen molar-refractivity contribution in [3.63, 3.8) is 0 Å². The van der Waals surface area contributed by atoms with Crippen LogP contribution in [0.15, 0.2) is 83.0 Å². The monoisotopic (exact) mass is 538 g/mol. The van der Waals surface area contributed by atoms with Crippen LogP contribution in [0.3, 0.4) is 0 Å². The number of amides is 1. The number of ketones is 1. The minimum atomic E-state index is -0.988. The van der Waals surface area contributed by atoms with Crippen LogP contribution < -0.4 is 4.90 Å². The molecule has 1 aliphatic heterocycles. The molecule has 1 amide bonds. The number of thioether (sulfide) groups is 1. The maximum atomic E-state index is 13.4. The number of hydrogen-bond donors (Lipinski definition) is 1. The van der Waals surface area contributed by atoms with Crippen LogP contribution in [-0.4, -0.2) is 32.0 Å². The fraction of sp³-hybridized carbons (Fsp3) is 0.0800. The second kappa shape index (κ2) is 10.2. The number of benzene rings is 2. The summed E-state index contributed by atoms with van der Waals surface area (Å²) in [5.41, 5.74) is 1.49. The van der Waals surface area contributed by atoms with Gasteiger partial charge in [-0.05, 0) is 47.5 Å². The van der Waals surface area contributed by atoms with Crippen LogP contribution in [0.1, 0.15) is 22.7 Å². The van der Waals surface area contributed by atoms with E-state index in [1.54, 1.807) is 24.4 Å². The van der Waals surface area contributed by atoms with Crippen LogP contribution in [-0.2, 0) is 15.3 Å². The van der Waals surface area contributed by atoms with Gasteiger partial charge in [-0.3, -0.25) is 19.5 Å².